The van der Waals surface area contributed by atoms with Crippen LogP contribution in [0.25, 0.3) is 0 Å². The van der Waals surface area contributed by atoms with Gasteiger partial charge in [0.15, 0.2) is 23.8 Å². The molecule has 0 spiro atoms. The molecule has 4 fully saturated rings. The summed E-state index contributed by atoms with van der Waals surface area (Å²) in [5.74, 6) is -7.12. The molecular formula is C67H87NO18. The molecule has 8 rings (SSSR count). The quantitative estimate of drug-likeness (QED) is 0.0278. The first-order valence-electron chi connectivity index (χ1n) is 30.8. The Labute approximate surface area is 504 Å². The van der Waals surface area contributed by atoms with Crippen LogP contribution in [0.1, 0.15) is 184 Å². The molecule has 2 aliphatic heterocycles. The van der Waals surface area contributed by atoms with E-state index >= 15 is 9.59 Å². The highest BCUT2D eigenvalue weighted by Crippen LogP contribution is 2.64. The summed E-state index contributed by atoms with van der Waals surface area (Å²) in [4.78, 5) is 101. The molecule has 3 aliphatic carbocycles. The number of carbonyl (C=O) groups excluding carboxylic acids is 7. The van der Waals surface area contributed by atoms with Gasteiger partial charge >= 0.3 is 30.0 Å². The molecule has 1 amide bonds. The second kappa shape index (κ2) is 29.0. The third kappa shape index (κ3) is 14.4. The molecule has 19 nitrogen and oxygen atoms in total. The molecule has 2 heterocycles. The second-order valence-corrected chi connectivity index (χ2v) is 24.6. The van der Waals surface area contributed by atoms with E-state index in [1.807, 2.05) is 0 Å². The van der Waals surface area contributed by atoms with Gasteiger partial charge in [0, 0.05) is 37.7 Å². The smallest absolute Gasteiger partial charge is 0.455 e. The van der Waals surface area contributed by atoms with E-state index in [4.69, 9.17) is 42.6 Å². The van der Waals surface area contributed by atoms with Crippen molar-refractivity contribution in [2.75, 3.05) is 19.8 Å². The zero-order valence-electron chi connectivity index (χ0n) is 50.8. The van der Waals surface area contributed by atoms with Crippen molar-refractivity contribution in [3.8, 4) is 0 Å². The minimum absolute atomic E-state index is 0.0417. The highest BCUT2D eigenvalue weighted by atomic mass is 16.8. The Hall–Kier alpha value is -6.51. The predicted octanol–water partition coefficient (Wildman–Crippen LogP) is 10.1. The molecule has 5 aliphatic rings. The van der Waals surface area contributed by atoms with Crippen LogP contribution in [0.2, 0.25) is 0 Å². The van der Waals surface area contributed by atoms with E-state index in [9.17, 15) is 34.2 Å². The summed E-state index contributed by atoms with van der Waals surface area (Å²) >= 11 is 0. The number of hydrogen-bond acceptors (Lipinski definition) is 18. The zero-order valence-corrected chi connectivity index (χ0v) is 50.8. The minimum Gasteiger partial charge on any atom is -0.455 e. The summed E-state index contributed by atoms with van der Waals surface area (Å²) in [5.41, 5.74) is -7.58. The molecule has 3 unspecified atom stereocenters. The van der Waals surface area contributed by atoms with E-state index in [1.165, 1.54) is 90.2 Å². The largest absolute Gasteiger partial charge is 0.509 e. The maximum Gasteiger partial charge on any atom is 0.509 e. The number of amides is 1. The van der Waals surface area contributed by atoms with Gasteiger partial charge in [-0.3, -0.25) is 19.2 Å². The maximum atomic E-state index is 15.9. The molecule has 13 atom stereocenters. The normalized spacial score (nSPS) is 28.8. The maximum absolute atomic E-state index is 15.9. The fourth-order valence-corrected chi connectivity index (χ4v) is 13.7. The number of Topliss-reactive ketones (excluding diaryl/α,β-unsaturated/α-hetero) is 1. The zero-order chi connectivity index (χ0) is 61.8. The Morgan fingerprint density at radius 1 is 0.733 bits per heavy atom. The number of nitrogens with one attached hydrogen (secondary N) is 1. The number of aliphatic hydroxyl groups excluding tert-OH is 1. The Kier molecular flexibility index (Phi) is 22.1. The number of unbranched alkanes of at least 4 members (excludes halogenated alkanes) is 12. The summed E-state index contributed by atoms with van der Waals surface area (Å²) in [7, 11) is 0. The van der Waals surface area contributed by atoms with Crippen molar-refractivity contribution in [2.45, 2.75) is 217 Å². The van der Waals surface area contributed by atoms with Gasteiger partial charge in [-0.2, -0.15) is 0 Å². The van der Waals surface area contributed by atoms with Crippen LogP contribution in [0, 0.1) is 16.7 Å². The number of benzene rings is 3. The Bertz CT molecular complexity index is 2860. The molecule has 468 valence electrons. The minimum atomic E-state index is -2.49. The van der Waals surface area contributed by atoms with E-state index in [0.29, 0.717) is 12.0 Å². The van der Waals surface area contributed by atoms with Crippen molar-refractivity contribution in [3.05, 3.63) is 119 Å². The highest BCUT2D eigenvalue weighted by Gasteiger charge is 2.78. The summed E-state index contributed by atoms with van der Waals surface area (Å²) < 4.78 is 54.7. The van der Waals surface area contributed by atoms with Crippen LogP contribution in [-0.2, 0) is 61.8 Å². The van der Waals surface area contributed by atoms with E-state index in [0.717, 1.165) is 33.1 Å². The Morgan fingerprint density at radius 3 is 1.88 bits per heavy atom. The Morgan fingerprint density at radius 2 is 1.31 bits per heavy atom. The first-order valence-corrected chi connectivity index (χ1v) is 30.8. The van der Waals surface area contributed by atoms with E-state index in [-0.39, 0.29) is 48.5 Å². The molecule has 3 aromatic rings. The van der Waals surface area contributed by atoms with Crippen molar-refractivity contribution in [1.82, 2.24) is 5.32 Å². The third-order valence-electron chi connectivity index (χ3n) is 18.4. The number of hydrogen-bond donors (Lipinski definition) is 3. The Balaban J connectivity index is 1.09. The SMILES string of the molecule is CCCCCCCCCCCCCCCC1OCC(COC(=O)O[C@@H](C(=O)O[C@H]2C[C@@]3(O)[C@@H](OC(=O)c4ccccc4)C4[C@](C)(C(=O)[C@H](OC(C)=O)C(=C2C)C3(C)C)[C@@H](O)C[C@H]2OC[C@@]42OC(C)=O)[C@@H](NC(=O)c2ccccc2)c2ccccc2)O1. The van der Waals surface area contributed by atoms with Crippen molar-refractivity contribution in [3.63, 3.8) is 0 Å². The van der Waals surface area contributed by atoms with Gasteiger partial charge in [-0.25, -0.2) is 14.4 Å². The van der Waals surface area contributed by atoms with Crippen molar-refractivity contribution < 1.29 is 86.4 Å². The molecular weight excluding hydrogens is 1110 g/mol. The summed E-state index contributed by atoms with van der Waals surface area (Å²) in [6.45, 7) is 9.95. The van der Waals surface area contributed by atoms with Crippen LogP contribution < -0.4 is 5.32 Å². The fraction of sp³-hybridized carbons (Fsp3) is 0.597. The second-order valence-electron chi connectivity index (χ2n) is 24.6. The molecule has 0 radical (unpaired) electrons. The molecule has 2 saturated carbocycles. The number of aliphatic hydroxyl groups is 2. The van der Waals surface area contributed by atoms with Crippen LogP contribution in [0.15, 0.2) is 102 Å². The monoisotopic (exact) mass is 1190 g/mol. The van der Waals surface area contributed by atoms with Crippen molar-refractivity contribution in [2.24, 2.45) is 16.7 Å². The predicted molar refractivity (Wildman–Crippen MR) is 313 cm³/mol. The number of fused-ring (bicyclic) bond motifs is 5. The number of ether oxygens (including phenoxy) is 9. The van der Waals surface area contributed by atoms with Gasteiger partial charge in [-0.05, 0) is 67.7 Å². The number of esters is 4. The lowest BCUT2D eigenvalue weighted by Gasteiger charge is -2.67. The van der Waals surface area contributed by atoms with Crippen molar-refractivity contribution in [1.29, 1.82) is 0 Å². The van der Waals surface area contributed by atoms with Gasteiger partial charge in [-0.1, -0.05) is 165 Å². The van der Waals surface area contributed by atoms with Crippen LogP contribution in [0.5, 0.6) is 0 Å². The number of rotatable bonds is 27. The van der Waals surface area contributed by atoms with Gasteiger partial charge < -0.3 is 58.2 Å². The third-order valence-corrected chi connectivity index (χ3v) is 18.4. The molecule has 3 N–H and O–H groups in total. The topological polar surface area (TPSA) is 255 Å². The van der Waals surface area contributed by atoms with Crippen LogP contribution >= 0.6 is 0 Å². The van der Waals surface area contributed by atoms with E-state index in [2.05, 4.69) is 12.2 Å². The summed E-state index contributed by atoms with van der Waals surface area (Å²) in [5, 5.41) is 29.2. The average Bonchev–Trinajstić information content (AvgIpc) is 0.689. The molecule has 86 heavy (non-hydrogen) atoms. The average molecular weight is 1190 g/mol. The van der Waals surface area contributed by atoms with Gasteiger partial charge in [0.25, 0.3) is 5.91 Å². The molecule has 19 heteroatoms. The highest BCUT2D eigenvalue weighted by molar-refractivity contribution is 5.96. The standard InChI is InChI=1S/C67H87NO18/c1-8-9-10-11-12-13-14-15-16-17-18-19-29-36-52-78-39-48(82-52)40-79-63(76)84-56(54(45-30-23-20-24-31-45)68-60(73)46-32-25-21-26-33-46)62(75)83-49-38-67(77)59(85-61(74)47-34-27-22-28-35-47)57-65(7,50(71)37-51-66(57,41-80-51)86-44(4)70)58(72)55(81-43(3)69)53(42(49)2)64(67,5)6/h20-28,30-35,48-52,54-57,59,71,77H,8-19,29,36-41H2,1-7H3,(H,68,73)/t48?,49-,50-,51+,52?,54-,55+,56+,57?,59-,65+,66-,67+/m0/s1. The molecule has 2 saturated heterocycles. The van der Waals surface area contributed by atoms with Crippen LogP contribution in [0.3, 0.4) is 0 Å². The van der Waals surface area contributed by atoms with Crippen molar-refractivity contribution >= 4 is 41.7 Å². The first-order chi connectivity index (χ1) is 41.2. The van der Waals surface area contributed by atoms with Gasteiger partial charge in [0.05, 0.1) is 36.2 Å². The van der Waals surface area contributed by atoms with Gasteiger partial charge in [-0.15, -0.1) is 0 Å². The first kappa shape index (κ1) is 65.5. The van der Waals surface area contributed by atoms with E-state index in [1.54, 1.807) is 92.7 Å². The molecule has 3 aromatic carbocycles. The molecule has 0 aromatic heterocycles. The van der Waals surface area contributed by atoms with E-state index < -0.39 is 131 Å². The molecule has 2 bridgehead atoms. The lowest BCUT2D eigenvalue weighted by atomic mass is 9.44. The summed E-state index contributed by atoms with van der Waals surface area (Å²) in [6, 6.07) is 22.7. The van der Waals surface area contributed by atoms with Gasteiger partial charge in [0.2, 0.25) is 6.10 Å². The van der Waals surface area contributed by atoms with Crippen LogP contribution in [0.4, 0.5) is 4.79 Å². The summed E-state index contributed by atoms with van der Waals surface area (Å²) in [6.07, 6.45) is 3.04. The lowest BCUT2D eigenvalue weighted by molar-refractivity contribution is -0.346. The van der Waals surface area contributed by atoms with Gasteiger partial charge in [0.1, 0.15) is 42.7 Å². The number of ketones is 1. The lowest BCUT2D eigenvalue weighted by Crippen LogP contribution is -2.82. The fourth-order valence-electron chi connectivity index (χ4n) is 13.7. The van der Waals surface area contributed by atoms with Crippen LogP contribution in [-0.4, -0.2) is 132 Å². The number of carbonyl (C=O) groups is 7.